The van der Waals surface area contributed by atoms with E-state index in [2.05, 4.69) is 11.8 Å². The molecule has 0 radical (unpaired) electrons. The third-order valence-corrected chi connectivity index (χ3v) is 3.26. The molecule has 2 heteroatoms. The molecular formula is C13H17NO. The quantitative estimate of drug-likeness (QED) is 0.704. The fourth-order valence-electron chi connectivity index (χ4n) is 2.16. The van der Waals surface area contributed by atoms with E-state index in [0.717, 1.165) is 30.9 Å². The number of carbonyl (C=O) groups is 1. The summed E-state index contributed by atoms with van der Waals surface area (Å²) in [5.41, 5.74) is 2.00. The highest BCUT2D eigenvalue weighted by Crippen LogP contribution is 2.25. The zero-order chi connectivity index (χ0) is 10.7. The molecule has 1 atom stereocenters. The van der Waals surface area contributed by atoms with Crippen LogP contribution in [0.5, 0.6) is 0 Å². The highest BCUT2D eigenvalue weighted by molar-refractivity contribution is 5.75. The van der Waals surface area contributed by atoms with E-state index in [-0.39, 0.29) is 0 Å². The van der Waals surface area contributed by atoms with Gasteiger partial charge in [0.05, 0.1) is 0 Å². The van der Waals surface area contributed by atoms with Gasteiger partial charge in [-0.3, -0.25) is 4.79 Å². The molecule has 0 spiro atoms. The molecule has 1 unspecified atom stereocenters. The van der Waals surface area contributed by atoms with Crippen molar-refractivity contribution in [2.75, 3.05) is 18.0 Å². The lowest BCUT2D eigenvalue weighted by Gasteiger charge is -2.18. The lowest BCUT2D eigenvalue weighted by Crippen LogP contribution is -2.19. The fourth-order valence-corrected chi connectivity index (χ4v) is 2.16. The largest absolute Gasteiger partial charge is 0.371 e. The minimum atomic E-state index is 0.755. The number of benzene rings is 1. The predicted molar refractivity (Wildman–Crippen MR) is 62.4 cm³/mol. The van der Waals surface area contributed by atoms with E-state index < -0.39 is 0 Å². The van der Waals surface area contributed by atoms with E-state index in [0.29, 0.717) is 0 Å². The Kier molecular flexibility index (Phi) is 3.05. The summed E-state index contributed by atoms with van der Waals surface area (Å²) in [6.07, 6.45) is 3.46. The number of rotatable bonds is 3. The van der Waals surface area contributed by atoms with Crippen molar-refractivity contribution < 1.29 is 4.79 Å². The molecular weight excluding hydrogens is 186 g/mol. The first-order valence-electron chi connectivity index (χ1n) is 5.63. The molecule has 1 aliphatic heterocycles. The Balaban J connectivity index is 2.07. The van der Waals surface area contributed by atoms with Crippen LogP contribution in [0.4, 0.5) is 5.69 Å². The second kappa shape index (κ2) is 4.47. The van der Waals surface area contributed by atoms with Crippen LogP contribution < -0.4 is 4.90 Å². The maximum absolute atomic E-state index is 10.5. The molecule has 1 heterocycles. The van der Waals surface area contributed by atoms with Crippen molar-refractivity contribution in [2.24, 2.45) is 5.92 Å². The lowest BCUT2D eigenvalue weighted by molar-refractivity contribution is 0.112. The molecule has 80 valence electrons. The van der Waals surface area contributed by atoms with Gasteiger partial charge in [-0.05, 0) is 36.6 Å². The van der Waals surface area contributed by atoms with Crippen LogP contribution in [0.3, 0.4) is 0 Å². The normalized spacial score (nSPS) is 20.6. The molecule has 0 bridgehead atoms. The van der Waals surface area contributed by atoms with E-state index in [1.54, 1.807) is 0 Å². The molecule has 1 aromatic carbocycles. The summed E-state index contributed by atoms with van der Waals surface area (Å²) in [5, 5.41) is 0. The number of hydrogen-bond donors (Lipinski definition) is 0. The number of aldehydes is 1. The van der Waals surface area contributed by atoms with Gasteiger partial charge >= 0.3 is 0 Å². The molecule has 0 saturated carbocycles. The third kappa shape index (κ3) is 2.20. The number of hydrogen-bond acceptors (Lipinski definition) is 2. The Morgan fingerprint density at radius 2 is 2.13 bits per heavy atom. The van der Waals surface area contributed by atoms with Gasteiger partial charge < -0.3 is 4.90 Å². The van der Waals surface area contributed by atoms with E-state index in [1.807, 2.05) is 24.3 Å². The first-order valence-corrected chi connectivity index (χ1v) is 5.63. The van der Waals surface area contributed by atoms with Crippen LogP contribution in [0.15, 0.2) is 24.3 Å². The average Bonchev–Trinajstić information content (AvgIpc) is 2.78. The van der Waals surface area contributed by atoms with Crippen LogP contribution in [0.1, 0.15) is 30.1 Å². The maximum atomic E-state index is 10.5. The highest BCUT2D eigenvalue weighted by atomic mass is 16.1. The van der Waals surface area contributed by atoms with Crippen molar-refractivity contribution >= 4 is 12.0 Å². The smallest absolute Gasteiger partial charge is 0.150 e. The SMILES string of the molecule is CCC1CCN(c2ccc(C=O)cc2)C1. The Morgan fingerprint density at radius 3 is 2.67 bits per heavy atom. The highest BCUT2D eigenvalue weighted by Gasteiger charge is 2.20. The van der Waals surface area contributed by atoms with Crippen LogP contribution in [0.2, 0.25) is 0 Å². The van der Waals surface area contributed by atoms with Crippen molar-refractivity contribution in [1.82, 2.24) is 0 Å². The average molecular weight is 203 g/mol. The summed E-state index contributed by atoms with van der Waals surface area (Å²) in [4.78, 5) is 12.9. The molecule has 2 nitrogen and oxygen atoms in total. The number of nitrogens with zero attached hydrogens (tertiary/aromatic N) is 1. The van der Waals surface area contributed by atoms with Crippen molar-refractivity contribution in [3.63, 3.8) is 0 Å². The van der Waals surface area contributed by atoms with E-state index in [4.69, 9.17) is 0 Å². The third-order valence-electron chi connectivity index (χ3n) is 3.26. The first-order chi connectivity index (χ1) is 7.33. The Bertz CT molecular complexity index is 331. The van der Waals surface area contributed by atoms with Crippen molar-refractivity contribution in [3.05, 3.63) is 29.8 Å². The van der Waals surface area contributed by atoms with Gasteiger partial charge in [0, 0.05) is 24.3 Å². The second-order valence-electron chi connectivity index (χ2n) is 4.22. The number of anilines is 1. The molecule has 1 fully saturated rings. The molecule has 2 rings (SSSR count). The summed E-state index contributed by atoms with van der Waals surface area (Å²) in [6.45, 7) is 4.57. The first kappa shape index (κ1) is 10.2. The summed E-state index contributed by atoms with van der Waals surface area (Å²) < 4.78 is 0. The molecule has 15 heavy (non-hydrogen) atoms. The Hall–Kier alpha value is -1.31. The van der Waals surface area contributed by atoms with E-state index in [1.165, 1.54) is 18.5 Å². The van der Waals surface area contributed by atoms with Gasteiger partial charge in [0.15, 0.2) is 0 Å². The minimum Gasteiger partial charge on any atom is -0.371 e. The van der Waals surface area contributed by atoms with Gasteiger partial charge in [-0.2, -0.15) is 0 Å². The predicted octanol–water partition coefficient (Wildman–Crippen LogP) is 2.74. The summed E-state index contributed by atoms with van der Waals surface area (Å²) in [6, 6.07) is 7.87. The Morgan fingerprint density at radius 1 is 1.40 bits per heavy atom. The molecule has 1 aliphatic rings. The zero-order valence-corrected chi connectivity index (χ0v) is 9.15. The van der Waals surface area contributed by atoms with Gasteiger partial charge in [0.1, 0.15) is 6.29 Å². The van der Waals surface area contributed by atoms with Gasteiger partial charge in [0.25, 0.3) is 0 Å². The van der Waals surface area contributed by atoms with Gasteiger partial charge in [-0.25, -0.2) is 0 Å². The minimum absolute atomic E-state index is 0.755. The van der Waals surface area contributed by atoms with Crippen LogP contribution in [-0.4, -0.2) is 19.4 Å². The summed E-state index contributed by atoms with van der Waals surface area (Å²) in [5.74, 6) is 0.843. The van der Waals surface area contributed by atoms with E-state index >= 15 is 0 Å². The summed E-state index contributed by atoms with van der Waals surface area (Å²) in [7, 11) is 0. The molecule has 0 amide bonds. The van der Waals surface area contributed by atoms with Gasteiger partial charge in [0.2, 0.25) is 0 Å². The molecule has 0 aromatic heterocycles. The molecule has 0 aliphatic carbocycles. The summed E-state index contributed by atoms with van der Waals surface area (Å²) >= 11 is 0. The van der Waals surface area contributed by atoms with Crippen LogP contribution in [0, 0.1) is 5.92 Å². The van der Waals surface area contributed by atoms with Crippen molar-refractivity contribution in [3.8, 4) is 0 Å². The van der Waals surface area contributed by atoms with E-state index in [9.17, 15) is 4.79 Å². The molecule has 1 saturated heterocycles. The van der Waals surface area contributed by atoms with Crippen molar-refractivity contribution in [1.29, 1.82) is 0 Å². The van der Waals surface area contributed by atoms with Crippen LogP contribution in [0.25, 0.3) is 0 Å². The fraction of sp³-hybridized carbons (Fsp3) is 0.462. The van der Waals surface area contributed by atoms with Crippen molar-refractivity contribution in [2.45, 2.75) is 19.8 Å². The zero-order valence-electron chi connectivity index (χ0n) is 9.15. The Labute approximate surface area is 90.9 Å². The molecule has 0 N–H and O–H groups in total. The molecule has 1 aromatic rings. The van der Waals surface area contributed by atoms with Gasteiger partial charge in [-0.1, -0.05) is 13.3 Å². The number of carbonyl (C=O) groups excluding carboxylic acids is 1. The maximum Gasteiger partial charge on any atom is 0.150 e. The topological polar surface area (TPSA) is 20.3 Å². The second-order valence-corrected chi connectivity index (χ2v) is 4.22. The van der Waals surface area contributed by atoms with Crippen LogP contribution in [-0.2, 0) is 0 Å². The monoisotopic (exact) mass is 203 g/mol. The van der Waals surface area contributed by atoms with Crippen LogP contribution >= 0.6 is 0 Å². The van der Waals surface area contributed by atoms with Gasteiger partial charge in [-0.15, -0.1) is 0 Å². The standard InChI is InChI=1S/C13H17NO/c1-2-11-7-8-14(9-11)13-5-3-12(10-15)4-6-13/h3-6,10-11H,2,7-9H2,1H3. The lowest BCUT2D eigenvalue weighted by atomic mass is 10.1.